The normalized spacial score (nSPS) is 16.0. The van der Waals surface area contributed by atoms with Crippen LogP contribution in [-0.4, -0.2) is 11.4 Å². The SMILES string of the molecule is CCC[C@](C)(N)C(=O)N[C@@H](C)c1ccccc1. The maximum absolute atomic E-state index is 12.0. The predicted molar refractivity (Wildman–Crippen MR) is 70.5 cm³/mol. The third-order valence-corrected chi connectivity index (χ3v) is 2.94. The van der Waals surface area contributed by atoms with E-state index in [0.29, 0.717) is 6.42 Å². The molecule has 3 N–H and O–H groups in total. The number of carbonyl (C=O) groups excluding carboxylic acids is 1. The van der Waals surface area contributed by atoms with Crippen molar-refractivity contribution in [3.8, 4) is 0 Å². The summed E-state index contributed by atoms with van der Waals surface area (Å²) in [7, 11) is 0. The van der Waals surface area contributed by atoms with Crippen molar-refractivity contribution in [2.45, 2.75) is 45.2 Å². The van der Waals surface area contributed by atoms with Crippen molar-refractivity contribution in [3.63, 3.8) is 0 Å². The van der Waals surface area contributed by atoms with Gasteiger partial charge in [-0.1, -0.05) is 43.7 Å². The lowest BCUT2D eigenvalue weighted by Gasteiger charge is -2.25. The highest BCUT2D eigenvalue weighted by Gasteiger charge is 2.28. The molecule has 3 nitrogen and oxygen atoms in total. The Balaban J connectivity index is 2.63. The first-order chi connectivity index (χ1) is 7.97. The second-order valence-electron chi connectivity index (χ2n) is 4.77. The van der Waals surface area contributed by atoms with Crippen LogP contribution < -0.4 is 11.1 Å². The van der Waals surface area contributed by atoms with E-state index in [1.807, 2.05) is 44.2 Å². The molecule has 1 aromatic rings. The van der Waals surface area contributed by atoms with Gasteiger partial charge >= 0.3 is 0 Å². The summed E-state index contributed by atoms with van der Waals surface area (Å²) in [6.45, 7) is 5.78. The first kappa shape index (κ1) is 13.7. The van der Waals surface area contributed by atoms with Gasteiger partial charge in [0.1, 0.15) is 0 Å². The van der Waals surface area contributed by atoms with Crippen LogP contribution >= 0.6 is 0 Å². The molecular formula is C14H22N2O. The minimum atomic E-state index is -0.780. The summed E-state index contributed by atoms with van der Waals surface area (Å²) < 4.78 is 0. The Morgan fingerprint density at radius 1 is 1.41 bits per heavy atom. The largest absolute Gasteiger partial charge is 0.348 e. The van der Waals surface area contributed by atoms with Gasteiger partial charge in [0.15, 0.2) is 0 Å². The predicted octanol–water partition coefficient (Wildman–Crippen LogP) is 2.38. The molecule has 0 bridgehead atoms. The average molecular weight is 234 g/mol. The molecule has 1 aromatic carbocycles. The third-order valence-electron chi connectivity index (χ3n) is 2.94. The molecule has 0 aromatic heterocycles. The Kier molecular flexibility index (Phi) is 4.70. The van der Waals surface area contributed by atoms with Crippen LogP contribution in [0.25, 0.3) is 0 Å². The molecule has 1 amide bonds. The van der Waals surface area contributed by atoms with Crippen molar-refractivity contribution < 1.29 is 4.79 Å². The number of benzene rings is 1. The molecule has 0 fully saturated rings. The van der Waals surface area contributed by atoms with Gasteiger partial charge in [0, 0.05) is 0 Å². The molecule has 94 valence electrons. The van der Waals surface area contributed by atoms with E-state index < -0.39 is 5.54 Å². The third kappa shape index (κ3) is 3.86. The second kappa shape index (κ2) is 5.82. The highest BCUT2D eigenvalue weighted by molar-refractivity contribution is 5.85. The van der Waals surface area contributed by atoms with E-state index in [9.17, 15) is 4.79 Å². The molecular weight excluding hydrogens is 212 g/mol. The summed E-state index contributed by atoms with van der Waals surface area (Å²) in [6, 6.07) is 9.87. The molecule has 0 aliphatic rings. The fourth-order valence-corrected chi connectivity index (χ4v) is 1.82. The van der Waals surface area contributed by atoms with Gasteiger partial charge in [0.2, 0.25) is 5.91 Å². The number of rotatable bonds is 5. The Morgan fingerprint density at radius 2 is 2.00 bits per heavy atom. The van der Waals surface area contributed by atoms with Crippen molar-refractivity contribution in [2.75, 3.05) is 0 Å². The maximum atomic E-state index is 12.0. The molecule has 0 aliphatic carbocycles. The van der Waals surface area contributed by atoms with Crippen molar-refractivity contribution in [3.05, 3.63) is 35.9 Å². The number of hydrogen-bond acceptors (Lipinski definition) is 2. The Morgan fingerprint density at radius 3 is 2.53 bits per heavy atom. The molecule has 0 unspecified atom stereocenters. The van der Waals surface area contributed by atoms with Crippen molar-refractivity contribution in [2.24, 2.45) is 5.73 Å². The first-order valence-electron chi connectivity index (χ1n) is 6.12. The van der Waals surface area contributed by atoms with Gasteiger partial charge in [-0.2, -0.15) is 0 Å². The number of carbonyl (C=O) groups is 1. The zero-order valence-corrected chi connectivity index (χ0v) is 10.9. The molecule has 3 heteroatoms. The van der Waals surface area contributed by atoms with Crippen molar-refractivity contribution >= 4 is 5.91 Å². The van der Waals surface area contributed by atoms with E-state index in [-0.39, 0.29) is 11.9 Å². The summed E-state index contributed by atoms with van der Waals surface area (Å²) in [6.07, 6.45) is 1.60. The smallest absolute Gasteiger partial charge is 0.240 e. The van der Waals surface area contributed by atoms with Crippen LogP contribution in [0.3, 0.4) is 0 Å². The van der Waals surface area contributed by atoms with Crippen LogP contribution in [0, 0.1) is 0 Å². The van der Waals surface area contributed by atoms with Gasteiger partial charge in [-0.15, -0.1) is 0 Å². The lowest BCUT2D eigenvalue weighted by Crippen LogP contribution is -2.51. The molecule has 0 saturated carbocycles. The van der Waals surface area contributed by atoms with E-state index in [1.165, 1.54) is 0 Å². The maximum Gasteiger partial charge on any atom is 0.240 e. The quantitative estimate of drug-likeness (QED) is 0.822. The minimum absolute atomic E-state index is 0.0107. The Bertz CT molecular complexity index is 360. The summed E-state index contributed by atoms with van der Waals surface area (Å²) in [5, 5.41) is 2.96. The summed E-state index contributed by atoms with van der Waals surface area (Å²) in [5.41, 5.74) is 6.30. The van der Waals surface area contributed by atoms with E-state index in [2.05, 4.69) is 5.32 Å². The molecule has 0 saturated heterocycles. The number of amides is 1. The molecule has 0 spiro atoms. The van der Waals surface area contributed by atoms with Gasteiger partial charge in [-0.3, -0.25) is 4.79 Å². The zero-order chi connectivity index (χ0) is 12.9. The molecule has 0 heterocycles. The number of hydrogen-bond donors (Lipinski definition) is 2. The Hall–Kier alpha value is -1.35. The highest BCUT2D eigenvalue weighted by atomic mass is 16.2. The van der Waals surface area contributed by atoms with Crippen LogP contribution in [0.15, 0.2) is 30.3 Å². The monoisotopic (exact) mass is 234 g/mol. The lowest BCUT2D eigenvalue weighted by atomic mass is 9.95. The fourth-order valence-electron chi connectivity index (χ4n) is 1.82. The van der Waals surface area contributed by atoms with Crippen LogP contribution in [0.1, 0.15) is 45.2 Å². The van der Waals surface area contributed by atoms with Crippen LogP contribution in [0.5, 0.6) is 0 Å². The summed E-state index contributed by atoms with van der Waals surface area (Å²) in [4.78, 5) is 12.0. The Labute approximate surface area is 103 Å². The first-order valence-corrected chi connectivity index (χ1v) is 6.12. The molecule has 2 atom stereocenters. The van der Waals surface area contributed by atoms with Crippen LogP contribution in [0.2, 0.25) is 0 Å². The molecule has 0 aliphatic heterocycles. The average Bonchev–Trinajstić information content (AvgIpc) is 2.30. The molecule has 0 radical (unpaired) electrons. The van der Waals surface area contributed by atoms with E-state index in [0.717, 1.165) is 12.0 Å². The van der Waals surface area contributed by atoms with Crippen molar-refractivity contribution in [1.82, 2.24) is 5.32 Å². The molecule has 17 heavy (non-hydrogen) atoms. The standard InChI is InChI=1S/C14H22N2O/c1-4-10-14(3,15)13(17)16-11(2)12-8-6-5-7-9-12/h5-9,11H,4,10,15H2,1-3H3,(H,16,17)/t11-,14-/m0/s1. The van der Waals surface area contributed by atoms with Gasteiger partial charge in [0.05, 0.1) is 11.6 Å². The highest BCUT2D eigenvalue weighted by Crippen LogP contribution is 2.14. The summed E-state index contributed by atoms with van der Waals surface area (Å²) >= 11 is 0. The van der Waals surface area contributed by atoms with E-state index in [1.54, 1.807) is 6.92 Å². The van der Waals surface area contributed by atoms with Gasteiger partial charge < -0.3 is 11.1 Å². The number of nitrogens with two attached hydrogens (primary N) is 1. The lowest BCUT2D eigenvalue weighted by molar-refractivity contribution is -0.126. The van der Waals surface area contributed by atoms with Crippen LogP contribution in [-0.2, 0) is 4.79 Å². The summed E-state index contributed by atoms with van der Waals surface area (Å²) in [5.74, 6) is -0.0873. The minimum Gasteiger partial charge on any atom is -0.348 e. The topological polar surface area (TPSA) is 55.1 Å². The van der Waals surface area contributed by atoms with E-state index >= 15 is 0 Å². The van der Waals surface area contributed by atoms with Crippen molar-refractivity contribution in [1.29, 1.82) is 0 Å². The second-order valence-corrected chi connectivity index (χ2v) is 4.77. The van der Waals surface area contributed by atoms with Gasteiger partial charge in [0.25, 0.3) is 0 Å². The van der Waals surface area contributed by atoms with Crippen LogP contribution in [0.4, 0.5) is 0 Å². The molecule has 1 rings (SSSR count). The van der Waals surface area contributed by atoms with Gasteiger partial charge in [-0.05, 0) is 25.8 Å². The van der Waals surface area contributed by atoms with Gasteiger partial charge in [-0.25, -0.2) is 0 Å². The van der Waals surface area contributed by atoms with E-state index in [4.69, 9.17) is 5.73 Å². The zero-order valence-electron chi connectivity index (χ0n) is 10.9. The number of nitrogens with one attached hydrogen (secondary N) is 1. The fraction of sp³-hybridized carbons (Fsp3) is 0.500.